The van der Waals surface area contributed by atoms with Crippen molar-refractivity contribution in [2.45, 2.75) is 13.8 Å². The van der Waals surface area contributed by atoms with Gasteiger partial charge in [0.05, 0.1) is 23.4 Å². The summed E-state index contributed by atoms with van der Waals surface area (Å²) >= 11 is 6.23. The predicted octanol–water partition coefficient (Wildman–Crippen LogP) is 5.02. The fraction of sp³-hybridized carbons (Fsp3) is 0.150. The van der Waals surface area contributed by atoms with Crippen LogP contribution in [0.15, 0.2) is 48.5 Å². The maximum Gasteiger partial charge on any atom is 0.337 e. The van der Waals surface area contributed by atoms with E-state index in [0.717, 1.165) is 16.9 Å². The molecule has 3 aromatic rings. The minimum atomic E-state index is -0.443. The third kappa shape index (κ3) is 4.74. The van der Waals surface area contributed by atoms with Crippen LogP contribution in [0.2, 0.25) is 5.02 Å². The molecular weight excluding hydrogens is 364 g/mol. The number of nitrogens with zero attached hydrogens (tertiary/aromatic N) is 2. The Labute approximate surface area is 162 Å². The Bertz CT molecular complexity index is 991. The largest absolute Gasteiger partial charge is 0.465 e. The first-order chi connectivity index (χ1) is 12.9. The lowest BCUT2D eigenvalue weighted by Gasteiger charge is -2.12. The molecule has 0 saturated heterocycles. The molecular formula is C20H19ClN4O2. The number of ether oxygens (including phenoxy) is 1. The van der Waals surface area contributed by atoms with Gasteiger partial charge in [-0.25, -0.2) is 9.78 Å². The van der Waals surface area contributed by atoms with Crippen LogP contribution >= 0.6 is 11.6 Å². The van der Waals surface area contributed by atoms with Gasteiger partial charge in [0.2, 0.25) is 5.95 Å². The molecule has 6 nitrogen and oxygen atoms in total. The minimum Gasteiger partial charge on any atom is -0.465 e. The van der Waals surface area contributed by atoms with Crippen molar-refractivity contribution >= 4 is 40.7 Å². The van der Waals surface area contributed by atoms with Gasteiger partial charge in [-0.05, 0) is 49.7 Å². The number of carbonyl (C=O) groups is 1. The molecule has 0 saturated carbocycles. The number of aryl methyl sites for hydroxylation is 2. The molecule has 0 unspecified atom stereocenters. The number of hydrogen-bond donors (Lipinski definition) is 2. The van der Waals surface area contributed by atoms with Crippen LogP contribution < -0.4 is 10.6 Å². The van der Waals surface area contributed by atoms with E-state index in [4.69, 9.17) is 16.3 Å². The Morgan fingerprint density at radius 1 is 1.04 bits per heavy atom. The number of hydrogen-bond acceptors (Lipinski definition) is 6. The van der Waals surface area contributed by atoms with E-state index in [1.165, 1.54) is 7.11 Å². The molecule has 0 radical (unpaired) electrons. The Kier molecular flexibility index (Phi) is 5.57. The van der Waals surface area contributed by atoms with Gasteiger partial charge in [-0.1, -0.05) is 23.7 Å². The van der Waals surface area contributed by atoms with Gasteiger partial charge in [-0.3, -0.25) is 0 Å². The summed E-state index contributed by atoms with van der Waals surface area (Å²) in [4.78, 5) is 20.6. The molecule has 138 valence electrons. The third-order valence-electron chi connectivity index (χ3n) is 3.78. The number of aromatic nitrogens is 2. The van der Waals surface area contributed by atoms with Crippen molar-refractivity contribution < 1.29 is 9.53 Å². The number of rotatable bonds is 5. The smallest absolute Gasteiger partial charge is 0.337 e. The van der Waals surface area contributed by atoms with Crippen LogP contribution in [0.4, 0.5) is 23.1 Å². The highest BCUT2D eigenvalue weighted by Gasteiger charge is 2.11. The van der Waals surface area contributed by atoms with E-state index < -0.39 is 5.97 Å². The van der Waals surface area contributed by atoms with Gasteiger partial charge in [0.15, 0.2) is 0 Å². The summed E-state index contributed by atoms with van der Waals surface area (Å²) in [6.45, 7) is 3.90. The molecule has 0 atom stereocenters. The van der Waals surface area contributed by atoms with Gasteiger partial charge in [-0.2, -0.15) is 4.98 Å². The van der Waals surface area contributed by atoms with Crippen LogP contribution in [-0.4, -0.2) is 23.0 Å². The monoisotopic (exact) mass is 382 g/mol. The summed E-state index contributed by atoms with van der Waals surface area (Å²) in [6, 6.07) is 14.7. The number of benzene rings is 2. The second-order valence-electron chi connectivity index (χ2n) is 6.02. The van der Waals surface area contributed by atoms with Crippen molar-refractivity contribution in [3.63, 3.8) is 0 Å². The van der Waals surface area contributed by atoms with E-state index in [9.17, 15) is 4.79 Å². The van der Waals surface area contributed by atoms with E-state index in [2.05, 4.69) is 20.6 Å². The highest BCUT2D eigenvalue weighted by atomic mass is 35.5. The first kappa shape index (κ1) is 18.7. The van der Waals surface area contributed by atoms with Gasteiger partial charge in [0.25, 0.3) is 0 Å². The third-order valence-corrected chi connectivity index (χ3v) is 4.11. The lowest BCUT2D eigenvalue weighted by Crippen LogP contribution is -2.05. The summed E-state index contributed by atoms with van der Waals surface area (Å²) in [7, 11) is 1.33. The lowest BCUT2D eigenvalue weighted by molar-refractivity contribution is 0.0601. The molecule has 0 amide bonds. The second-order valence-corrected chi connectivity index (χ2v) is 6.43. The number of methoxy groups -OCH3 is 1. The van der Waals surface area contributed by atoms with Crippen molar-refractivity contribution in [1.29, 1.82) is 0 Å². The summed E-state index contributed by atoms with van der Waals surface area (Å²) in [5.74, 6) is 0.576. The average molecular weight is 383 g/mol. The van der Waals surface area contributed by atoms with Crippen LogP contribution in [0.1, 0.15) is 21.6 Å². The summed E-state index contributed by atoms with van der Waals surface area (Å²) in [5.41, 5.74) is 3.77. The molecule has 3 rings (SSSR count). The molecule has 1 heterocycles. The molecule has 0 aliphatic carbocycles. The fourth-order valence-electron chi connectivity index (χ4n) is 2.55. The summed E-state index contributed by atoms with van der Waals surface area (Å²) in [5, 5.41) is 6.78. The Morgan fingerprint density at radius 2 is 1.85 bits per heavy atom. The zero-order valence-corrected chi connectivity index (χ0v) is 16.0. The van der Waals surface area contributed by atoms with Gasteiger partial charge in [0, 0.05) is 17.4 Å². The van der Waals surface area contributed by atoms with Crippen LogP contribution in [0.25, 0.3) is 0 Å². The van der Waals surface area contributed by atoms with E-state index in [0.29, 0.717) is 28.0 Å². The SMILES string of the molecule is COC(=O)c1ccc(Cl)c(Nc2nc(C)cc(Nc3cccc(C)c3)n2)c1. The van der Waals surface area contributed by atoms with Gasteiger partial charge in [0.1, 0.15) is 5.82 Å². The zero-order chi connectivity index (χ0) is 19.4. The molecule has 0 fully saturated rings. The second kappa shape index (κ2) is 8.05. The Hall–Kier alpha value is -3.12. The maximum atomic E-state index is 11.7. The van der Waals surface area contributed by atoms with Crippen LogP contribution in [0.5, 0.6) is 0 Å². The van der Waals surface area contributed by atoms with E-state index in [1.807, 2.05) is 44.2 Å². The molecule has 27 heavy (non-hydrogen) atoms. The van der Waals surface area contributed by atoms with Crippen LogP contribution in [0, 0.1) is 13.8 Å². The first-order valence-electron chi connectivity index (χ1n) is 8.29. The Balaban J connectivity index is 1.87. The molecule has 7 heteroatoms. The van der Waals surface area contributed by atoms with E-state index in [1.54, 1.807) is 18.2 Å². The topological polar surface area (TPSA) is 76.1 Å². The van der Waals surface area contributed by atoms with Crippen molar-refractivity contribution in [3.8, 4) is 0 Å². The van der Waals surface area contributed by atoms with Crippen molar-refractivity contribution in [2.75, 3.05) is 17.7 Å². The molecule has 0 spiro atoms. The number of halogens is 1. The predicted molar refractivity (Wildman–Crippen MR) is 107 cm³/mol. The molecule has 0 aliphatic rings. The lowest BCUT2D eigenvalue weighted by atomic mass is 10.2. The molecule has 0 aliphatic heterocycles. The number of nitrogens with one attached hydrogen (secondary N) is 2. The summed E-state index contributed by atoms with van der Waals surface area (Å²) < 4.78 is 4.74. The average Bonchev–Trinajstić information content (AvgIpc) is 2.62. The number of anilines is 4. The molecule has 2 N–H and O–H groups in total. The van der Waals surface area contributed by atoms with Crippen molar-refractivity contribution in [2.24, 2.45) is 0 Å². The number of esters is 1. The van der Waals surface area contributed by atoms with Gasteiger partial charge in [-0.15, -0.1) is 0 Å². The van der Waals surface area contributed by atoms with Gasteiger partial charge < -0.3 is 15.4 Å². The zero-order valence-electron chi connectivity index (χ0n) is 15.2. The minimum absolute atomic E-state index is 0.370. The standard InChI is InChI=1S/C20H19ClN4O2/c1-12-5-4-6-15(9-12)23-18-10-13(2)22-20(25-18)24-17-11-14(19(26)27-3)7-8-16(17)21/h4-11H,1-3H3,(H2,22,23,24,25). The van der Waals surface area contributed by atoms with Crippen LogP contribution in [-0.2, 0) is 4.74 Å². The highest BCUT2D eigenvalue weighted by molar-refractivity contribution is 6.33. The van der Waals surface area contributed by atoms with E-state index in [-0.39, 0.29) is 0 Å². The first-order valence-corrected chi connectivity index (χ1v) is 8.66. The summed E-state index contributed by atoms with van der Waals surface area (Å²) in [6.07, 6.45) is 0. The van der Waals surface area contributed by atoms with Crippen LogP contribution in [0.3, 0.4) is 0 Å². The number of carbonyl (C=O) groups excluding carboxylic acids is 1. The quantitative estimate of drug-likeness (QED) is 0.603. The van der Waals surface area contributed by atoms with E-state index >= 15 is 0 Å². The molecule has 2 aromatic carbocycles. The molecule has 0 bridgehead atoms. The fourth-order valence-corrected chi connectivity index (χ4v) is 2.71. The van der Waals surface area contributed by atoms with Crippen molar-refractivity contribution in [1.82, 2.24) is 9.97 Å². The molecule has 1 aromatic heterocycles. The highest BCUT2D eigenvalue weighted by Crippen LogP contribution is 2.27. The maximum absolute atomic E-state index is 11.7. The van der Waals surface area contributed by atoms with Gasteiger partial charge >= 0.3 is 5.97 Å². The Morgan fingerprint density at radius 3 is 2.59 bits per heavy atom. The normalized spacial score (nSPS) is 10.4. The van der Waals surface area contributed by atoms with Crippen molar-refractivity contribution in [3.05, 3.63) is 70.4 Å².